The van der Waals surface area contributed by atoms with Gasteiger partial charge in [0.25, 0.3) is 0 Å². The fraction of sp³-hybridized carbons (Fsp3) is 1.00. The molecule has 0 aliphatic heterocycles. The number of hydrogen-bond acceptors (Lipinski definition) is 0. The van der Waals surface area contributed by atoms with Crippen LogP contribution < -0.4 is 0 Å². The van der Waals surface area contributed by atoms with E-state index in [1.54, 1.807) is 6.92 Å². The third kappa shape index (κ3) is 0.869. The zero-order valence-corrected chi connectivity index (χ0v) is 6.57. The smallest absolute Gasteiger partial charge is 0.111 e. The van der Waals surface area contributed by atoms with Gasteiger partial charge in [-0.1, -0.05) is 0 Å². The number of halogens is 1. The van der Waals surface area contributed by atoms with E-state index in [1.165, 1.54) is 12.8 Å². The maximum atomic E-state index is 13.6. The van der Waals surface area contributed by atoms with Crippen molar-refractivity contribution in [1.29, 1.82) is 0 Å². The molecule has 2 bridgehead atoms. The summed E-state index contributed by atoms with van der Waals surface area (Å²) in [4.78, 5) is 0. The third-order valence-corrected chi connectivity index (χ3v) is 3.39. The first-order valence-corrected chi connectivity index (χ1v) is 4.37. The average Bonchev–Trinajstić information content (AvgIpc) is 1.87. The van der Waals surface area contributed by atoms with Crippen LogP contribution in [0.4, 0.5) is 4.39 Å². The lowest BCUT2D eigenvalue weighted by Gasteiger charge is -2.44. The second kappa shape index (κ2) is 1.96. The van der Waals surface area contributed by atoms with Crippen molar-refractivity contribution in [2.45, 2.75) is 44.7 Å². The largest absolute Gasteiger partial charge is 0.244 e. The van der Waals surface area contributed by atoms with Gasteiger partial charge >= 0.3 is 0 Å². The van der Waals surface area contributed by atoms with Crippen molar-refractivity contribution in [3.05, 3.63) is 0 Å². The summed E-state index contributed by atoms with van der Waals surface area (Å²) in [7, 11) is 0. The van der Waals surface area contributed by atoms with Gasteiger partial charge in [-0.3, -0.25) is 0 Å². The molecule has 0 radical (unpaired) electrons. The highest BCUT2D eigenvalue weighted by atomic mass is 19.1. The van der Waals surface area contributed by atoms with Crippen molar-refractivity contribution in [3.8, 4) is 0 Å². The average molecular weight is 142 g/mol. The third-order valence-electron chi connectivity index (χ3n) is 3.39. The van der Waals surface area contributed by atoms with E-state index in [9.17, 15) is 4.39 Å². The summed E-state index contributed by atoms with van der Waals surface area (Å²) in [5.74, 6) is 1.12. The minimum atomic E-state index is -0.804. The van der Waals surface area contributed by atoms with Crippen LogP contribution in [-0.4, -0.2) is 5.67 Å². The monoisotopic (exact) mass is 142 g/mol. The molecule has 1 unspecified atom stereocenters. The van der Waals surface area contributed by atoms with Crippen molar-refractivity contribution in [1.82, 2.24) is 0 Å². The second-order valence-electron chi connectivity index (χ2n) is 4.20. The molecule has 0 saturated heterocycles. The van der Waals surface area contributed by atoms with E-state index in [4.69, 9.17) is 0 Å². The maximum absolute atomic E-state index is 13.6. The zero-order chi connectivity index (χ0) is 7.19. The van der Waals surface area contributed by atoms with E-state index in [0.29, 0.717) is 5.92 Å². The van der Waals surface area contributed by atoms with E-state index in [-0.39, 0.29) is 0 Å². The first-order valence-electron chi connectivity index (χ1n) is 4.37. The van der Waals surface area contributed by atoms with Gasteiger partial charge in [0.05, 0.1) is 0 Å². The van der Waals surface area contributed by atoms with Crippen molar-refractivity contribution >= 4 is 0 Å². The van der Waals surface area contributed by atoms with E-state index in [0.717, 1.165) is 25.2 Å². The normalized spacial score (nSPS) is 53.4. The van der Waals surface area contributed by atoms with Crippen LogP contribution >= 0.6 is 0 Å². The first-order chi connectivity index (χ1) is 4.68. The summed E-state index contributed by atoms with van der Waals surface area (Å²) in [6.45, 7) is 1.79. The van der Waals surface area contributed by atoms with Gasteiger partial charge in [0, 0.05) is 0 Å². The highest BCUT2D eigenvalue weighted by molar-refractivity contribution is 4.94. The minimum Gasteiger partial charge on any atom is -0.244 e. The van der Waals surface area contributed by atoms with Gasteiger partial charge in [-0.2, -0.15) is 0 Å². The molecule has 1 heteroatoms. The Labute approximate surface area is 61.8 Å². The molecule has 0 aromatic heterocycles. The zero-order valence-electron chi connectivity index (χ0n) is 6.57. The van der Waals surface area contributed by atoms with Crippen molar-refractivity contribution < 1.29 is 4.39 Å². The minimum absolute atomic E-state index is 0.400. The Morgan fingerprint density at radius 2 is 1.80 bits per heavy atom. The molecule has 1 atom stereocenters. The second-order valence-corrected chi connectivity index (χ2v) is 4.20. The molecule has 0 amide bonds. The lowest BCUT2D eigenvalue weighted by atomic mass is 9.64. The fourth-order valence-electron chi connectivity index (χ4n) is 2.70. The summed E-state index contributed by atoms with van der Waals surface area (Å²) < 4.78 is 13.6. The van der Waals surface area contributed by atoms with Gasteiger partial charge in [-0.15, -0.1) is 0 Å². The summed E-state index contributed by atoms with van der Waals surface area (Å²) in [5, 5.41) is 0. The van der Waals surface area contributed by atoms with Crippen LogP contribution in [-0.2, 0) is 0 Å². The van der Waals surface area contributed by atoms with E-state index >= 15 is 0 Å². The summed E-state index contributed by atoms with van der Waals surface area (Å²) in [6.07, 6.45) is 5.74. The Bertz CT molecular complexity index is 132. The SMILES string of the molecule is CC1(F)CC2CCC1CC2. The number of alkyl halides is 1. The molecule has 0 N–H and O–H groups in total. The molecule has 3 aliphatic rings. The van der Waals surface area contributed by atoms with Gasteiger partial charge in [0.1, 0.15) is 5.67 Å². The maximum Gasteiger partial charge on any atom is 0.111 e. The molecule has 58 valence electrons. The van der Waals surface area contributed by atoms with Crippen LogP contribution in [0.5, 0.6) is 0 Å². The topological polar surface area (TPSA) is 0 Å². The summed E-state index contributed by atoms with van der Waals surface area (Å²) in [5.41, 5.74) is -0.804. The molecule has 3 aliphatic carbocycles. The van der Waals surface area contributed by atoms with Crippen LogP contribution in [0.25, 0.3) is 0 Å². The molecule has 0 heterocycles. The Morgan fingerprint density at radius 3 is 2.00 bits per heavy atom. The van der Waals surface area contributed by atoms with E-state index in [2.05, 4.69) is 0 Å². The van der Waals surface area contributed by atoms with Crippen molar-refractivity contribution in [3.63, 3.8) is 0 Å². The lowest BCUT2D eigenvalue weighted by Crippen LogP contribution is -2.41. The molecule has 3 saturated carbocycles. The van der Waals surface area contributed by atoms with Gasteiger partial charge in [0.2, 0.25) is 0 Å². The van der Waals surface area contributed by atoms with Gasteiger partial charge in [0.15, 0.2) is 0 Å². The van der Waals surface area contributed by atoms with Crippen molar-refractivity contribution in [2.24, 2.45) is 11.8 Å². The van der Waals surface area contributed by atoms with Crippen LogP contribution in [0.1, 0.15) is 39.0 Å². The number of hydrogen-bond donors (Lipinski definition) is 0. The van der Waals surface area contributed by atoms with Crippen LogP contribution in [0, 0.1) is 11.8 Å². The first kappa shape index (κ1) is 6.63. The highest BCUT2D eigenvalue weighted by Crippen LogP contribution is 2.48. The highest BCUT2D eigenvalue weighted by Gasteiger charge is 2.44. The van der Waals surface area contributed by atoms with E-state index < -0.39 is 5.67 Å². The van der Waals surface area contributed by atoms with Crippen LogP contribution in [0.2, 0.25) is 0 Å². The molecule has 0 aromatic rings. The molecule has 3 fully saturated rings. The van der Waals surface area contributed by atoms with Gasteiger partial charge < -0.3 is 0 Å². The number of fused-ring (bicyclic) bond motifs is 3. The molecule has 10 heavy (non-hydrogen) atoms. The molecule has 0 nitrogen and oxygen atoms in total. The molecular formula is C9H15F. The van der Waals surface area contributed by atoms with Crippen LogP contribution in [0.15, 0.2) is 0 Å². The number of rotatable bonds is 0. The summed E-state index contributed by atoms with van der Waals surface area (Å²) in [6, 6.07) is 0. The summed E-state index contributed by atoms with van der Waals surface area (Å²) >= 11 is 0. The molecule has 0 spiro atoms. The predicted octanol–water partition coefficient (Wildman–Crippen LogP) is 2.92. The quantitative estimate of drug-likeness (QED) is 0.488. The van der Waals surface area contributed by atoms with Crippen molar-refractivity contribution in [2.75, 3.05) is 0 Å². The molecular weight excluding hydrogens is 127 g/mol. The fourth-order valence-corrected chi connectivity index (χ4v) is 2.70. The Balaban J connectivity index is 2.15. The van der Waals surface area contributed by atoms with E-state index in [1.807, 2.05) is 0 Å². The van der Waals surface area contributed by atoms with Gasteiger partial charge in [-0.25, -0.2) is 4.39 Å². The Kier molecular flexibility index (Phi) is 1.30. The Hall–Kier alpha value is -0.0700. The van der Waals surface area contributed by atoms with Gasteiger partial charge in [-0.05, 0) is 50.9 Å². The molecule has 0 aromatic carbocycles. The Morgan fingerprint density at radius 1 is 1.20 bits per heavy atom. The van der Waals surface area contributed by atoms with Crippen LogP contribution in [0.3, 0.4) is 0 Å². The predicted molar refractivity (Wildman–Crippen MR) is 39.6 cm³/mol. The lowest BCUT2D eigenvalue weighted by molar-refractivity contribution is -0.0168. The molecule has 3 rings (SSSR count). The standard InChI is InChI=1S/C9H15F/c1-9(10)6-7-2-4-8(9)5-3-7/h7-8H,2-6H2,1H3.